The predicted molar refractivity (Wildman–Crippen MR) is 105 cm³/mol. The number of nitrogens with one attached hydrogen (secondary N) is 3. The van der Waals surface area contributed by atoms with Gasteiger partial charge in [0.15, 0.2) is 5.11 Å². The maximum Gasteiger partial charge on any atom is 0.416 e. The number of anilines is 2. The van der Waals surface area contributed by atoms with Crippen LogP contribution >= 0.6 is 12.2 Å². The fourth-order valence-electron chi connectivity index (χ4n) is 2.10. The molecular formula is C19H18F3N3O2S. The first-order valence-electron chi connectivity index (χ1n) is 8.27. The minimum absolute atomic E-state index is 0.0413. The summed E-state index contributed by atoms with van der Waals surface area (Å²) in [5.41, 5.74) is -0.00817. The summed E-state index contributed by atoms with van der Waals surface area (Å²) in [6.45, 7) is 3.46. The highest BCUT2D eigenvalue weighted by atomic mass is 32.1. The number of carbonyl (C=O) groups excluding carboxylic acids is 2. The van der Waals surface area contributed by atoms with Crippen LogP contribution in [-0.2, 0) is 11.0 Å². The number of carbonyl (C=O) groups is 2. The van der Waals surface area contributed by atoms with E-state index in [2.05, 4.69) is 16.0 Å². The lowest BCUT2D eigenvalue weighted by molar-refractivity contribution is -0.137. The zero-order chi connectivity index (χ0) is 20.9. The van der Waals surface area contributed by atoms with Crippen molar-refractivity contribution in [3.63, 3.8) is 0 Å². The molecule has 2 aromatic carbocycles. The van der Waals surface area contributed by atoms with Gasteiger partial charge in [0.25, 0.3) is 5.91 Å². The fraction of sp³-hybridized carbons (Fsp3) is 0.211. The van der Waals surface area contributed by atoms with Crippen molar-refractivity contribution < 1.29 is 22.8 Å². The van der Waals surface area contributed by atoms with Crippen LogP contribution in [0.25, 0.3) is 0 Å². The fourth-order valence-corrected chi connectivity index (χ4v) is 2.32. The molecule has 0 heterocycles. The minimum atomic E-state index is -4.49. The van der Waals surface area contributed by atoms with Crippen molar-refractivity contribution in [1.29, 1.82) is 0 Å². The smallest absolute Gasteiger partial charge is 0.332 e. The molecule has 5 nitrogen and oxygen atoms in total. The van der Waals surface area contributed by atoms with Gasteiger partial charge in [0.2, 0.25) is 5.91 Å². The molecule has 2 rings (SSSR count). The molecule has 28 heavy (non-hydrogen) atoms. The summed E-state index contributed by atoms with van der Waals surface area (Å²) < 4.78 is 38.2. The lowest BCUT2D eigenvalue weighted by atomic mass is 10.1. The predicted octanol–water partition coefficient (Wildman–Crippen LogP) is 4.43. The average molecular weight is 409 g/mol. The minimum Gasteiger partial charge on any atom is -0.332 e. The van der Waals surface area contributed by atoms with Crippen molar-refractivity contribution in [3.8, 4) is 0 Å². The Kier molecular flexibility index (Phi) is 6.74. The Morgan fingerprint density at radius 1 is 0.964 bits per heavy atom. The Bertz CT molecular complexity index is 881. The molecule has 0 aliphatic heterocycles. The Hall–Kier alpha value is -2.94. The van der Waals surface area contributed by atoms with Crippen LogP contribution in [0.2, 0.25) is 0 Å². The van der Waals surface area contributed by atoms with Gasteiger partial charge in [-0.15, -0.1) is 0 Å². The monoisotopic (exact) mass is 409 g/mol. The number of benzene rings is 2. The largest absolute Gasteiger partial charge is 0.416 e. The van der Waals surface area contributed by atoms with Crippen LogP contribution in [0, 0.1) is 5.92 Å². The second kappa shape index (κ2) is 8.83. The van der Waals surface area contributed by atoms with Gasteiger partial charge in [0.05, 0.1) is 5.56 Å². The van der Waals surface area contributed by atoms with Crippen LogP contribution in [0.4, 0.5) is 24.5 Å². The molecule has 0 bridgehead atoms. The van der Waals surface area contributed by atoms with E-state index in [9.17, 15) is 22.8 Å². The van der Waals surface area contributed by atoms with Crippen LogP contribution in [0.3, 0.4) is 0 Å². The average Bonchev–Trinajstić information content (AvgIpc) is 2.61. The zero-order valence-corrected chi connectivity index (χ0v) is 15.9. The molecule has 0 aliphatic carbocycles. The highest BCUT2D eigenvalue weighted by Gasteiger charge is 2.30. The molecule has 0 atom stereocenters. The maximum absolute atomic E-state index is 12.7. The number of rotatable bonds is 4. The lowest BCUT2D eigenvalue weighted by Crippen LogP contribution is -2.36. The summed E-state index contributed by atoms with van der Waals surface area (Å²) in [6.07, 6.45) is -4.49. The van der Waals surface area contributed by atoms with Crippen LogP contribution in [0.15, 0.2) is 48.5 Å². The SMILES string of the molecule is CC(C)C(=O)NC(=S)Nc1ccc(C(=O)Nc2cccc(C(F)(F)F)c2)cc1. The van der Waals surface area contributed by atoms with E-state index in [-0.39, 0.29) is 28.2 Å². The van der Waals surface area contributed by atoms with Gasteiger partial charge < -0.3 is 16.0 Å². The second-order valence-corrected chi connectivity index (χ2v) is 6.62. The van der Waals surface area contributed by atoms with Crippen LogP contribution in [0.5, 0.6) is 0 Å². The zero-order valence-electron chi connectivity index (χ0n) is 15.1. The van der Waals surface area contributed by atoms with Gasteiger partial charge in [-0.25, -0.2) is 0 Å². The van der Waals surface area contributed by atoms with Crippen LogP contribution in [-0.4, -0.2) is 16.9 Å². The standard InChI is InChI=1S/C19H18F3N3O2S/c1-11(2)16(26)25-18(28)24-14-8-6-12(7-9-14)17(27)23-15-5-3-4-13(10-15)19(20,21)22/h3-11H,1-2H3,(H,23,27)(H2,24,25,26,28). The molecule has 3 N–H and O–H groups in total. The van der Waals surface area contributed by atoms with E-state index < -0.39 is 17.6 Å². The molecular weight excluding hydrogens is 391 g/mol. The first-order valence-corrected chi connectivity index (χ1v) is 8.67. The molecule has 0 aromatic heterocycles. The molecule has 0 saturated carbocycles. The summed E-state index contributed by atoms with van der Waals surface area (Å²) in [6, 6.07) is 10.5. The van der Waals surface area contributed by atoms with Crippen molar-refractivity contribution in [3.05, 3.63) is 59.7 Å². The molecule has 0 unspecified atom stereocenters. The summed E-state index contributed by atoms with van der Waals surface area (Å²) in [5.74, 6) is -1.00. The topological polar surface area (TPSA) is 70.2 Å². The lowest BCUT2D eigenvalue weighted by Gasteiger charge is -2.12. The summed E-state index contributed by atoms with van der Waals surface area (Å²) >= 11 is 5.03. The van der Waals surface area contributed by atoms with Crippen molar-refractivity contribution in [2.45, 2.75) is 20.0 Å². The molecule has 9 heteroatoms. The number of amides is 2. The van der Waals surface area contributed by atoms with E-state index >= 15 is 0 Å². The van der Waals surface area contributed by atoms with E-state index in [0.29, 0.717) is 5.69 Å². The third-order valence-corrected chi connectivity index (χ3v) is 3.82. The van der Waals surface area contributed by atoms with E-state index in [4.69, 9.17) is 12.2 Å². The third kappa shape index (κ3) is 6.05. The summed E-state index contributed by atoms with van der Waals surface area (Å²) in [4.78, 5) is 23.8. The highest BCUT2D eigenvalue weighted by Crippen LogP contribution is 2.30. The van der Waals surface area contributed by atoms with Gasteiger partial charge in [-0.2, -0.15) is 13.2 Å². The number of thiocarbonyl (C=S) groups is 1. The van der Waals surface area contributed by atoms with Crippen LogP contribution in [0.1, 0.15) is 29.8 Å². The molecule has 148 valence electrons. The molecule has 2 aromatic rings. The molecule has 0 radical (unpaired) electrons. The molecule has 2 amide bonds. The van der Waals surface area contributed by atoms with Crippen molar-refractivity contribution in [2.75, 3.05) is 10.6 Å². The summed E-state index contributed by atoms with van der Waals surface area (Å²) in [7, 11) is 0. The third-order valence-electron chi connectivity index (χ3n) is 3.61. The first kappa shape index (κ1) is 21.4. The molecule has 0 fully saturated rings. The number of halogens is 3. The van der Waals surface area contributed by atoms with Gasteiger partial charge in [-0.1, -0.05) is 19.9 Å². The number of hydrogen-bond acceptors (Lipinski definition) is 3. The Morgan fingerprint density at radius 3 is 2.18 bits per heavy atom. The van der Waals surface area contributed by atoms with Gasteiger partial charge in [0.1, 0.15) is 0 Å². The van der Waals surface area contributed by atoms with E-state index in [1.807, 2.05) is 0 Å². The van der Waals surface area contributed by atoms with Gasteiger partial charge in [-0.05, 0) is 54.7 Å². The molecule has 0 spiro atoms. The highest BCUT2D eigenvalue weighted by molar-refractivity contribution is 7.80. The normalized spacial score (nSPS) is 11.1. The summed E-state index contributed by atoms with van der Waals surface area (Å²) in [5, 5.41) is 7.89. The number of hydrogen-bond donors (Lipinski definition) is 3. The number of alkyl halides is 3. The van der Waals surface area contributed by atoms with E-state index in [0.717, 1.165) is 12.1 Å². The Balaban J connectivity index is 2.00. The van der Waals surface area contributed by atoms with Crippen molar-refractivity contribution in [2.24, 2.45) is 5.92 Å². The first-order chi connectivity index (χ1) is 13.1. The maximum atomic E-state index is 12.7. The second-order valence-electron chi connectivity index (χ2n) is 6.21. The van der Waals surface area contributed by atoms with Crippen molar-refractivity contribution >= 4 is 40.5 Å². The quantitative estimate of drug-likeness (QED) is 0.654. The Morgan fingerprint density at radius 2 is 1.61 bits per heavy atom. The molecule has 0 saturated heterocycles. The van der Waals surface area contributed by atoms with E-state index in [1.165, 1.54) is 24.3 Å². The Labute approximate surface area is 165 Å². The molecule has 0 aliphatic rings. The van der Waals surface area contributed by atoms with Gasteiger partial charge in [-0.3, -0.25) is 9.59 Å². The van der Waals surface area contributed by atoms with Crippen LogP contribution < -0.4 is 16.0 Å². The van der Waals surface area contributed by atoms with Gasteiger partial charge >= 0.3 is 6.18 Å². The van der Waals surface area contributed by atoms with Crippen molar-refractivity contribution in [1.82, 2.24) is 5.32 Å². The van der Waals surface area contributed by atoms with E-state index in [1.54, 1.807) is 26.0 Å². The van der Waals surface area contributed by atoms with Gasteiger partial charge in [0, 0.05) is 22.9 Å².